The molecule has 4 heavy (non-hydrogen) atoms. The van der Waals surface area contributed by atoms with Gasteiger partial charge in [-0.1, -0.05) is 0 Å². The third-order valence-electron chi connectivity index (χ3n) is 0. The van der Waals surface area contributed by atoms with Gasteiger partial charge in [0.2, 0.25) is 0 Å². The van der Waals surface area contributed by atoms with Crippen LogP contribution in [0, 0.1) is 35.6 Å². The molecular weight excluding hydrogens is 205 g/mol. The molecule has 0 bridgehead atoms. The van der Waals surface area contributed by atoms with E-state index in [0.717, 1.165) is 0 Å². The Labute approximate surface area is 74.7 Å². The van der Waals surface area contributed by atoms with Gasteiger partial charge in [-0.15, -0.1) is 0 Å². The maximum atomic E-state index is 0. The van der Waals surface area contributed by atoms with Crippen LogP contribution < -0.4 is 6.15 Å². The van der Waals surface area contributed by atoms with Crippen LogP contribution in [-0.4, -0.2) is 34.0 Å². The quantitative estimate of drug-likeness (QED) is 0.456. The summed E-state index contributed by atoms with van der Waals surface area (Å²) in [6.07, 6.45) is 0. The molecule has 0 heterocycles. The molecule has 0 amide bonds. The molecule has 0 fully saturated rings. The molecule has 0 saturated carbocycles. The molecule has 0 aliphatic carbocycles. The fourth-order valence-corrected chi connectivity index (χ4v) is 0. The average molecular weight is 214 g/mol. The van der Waals surface area contributed by atoms with Crippen molar-refractivity contribution in [3.63, 3.8) is 0 Å². The molecule has 3 N–H and O–H groups in total. The van der Waals surface area contributed by atoms with Crippen molar-refractivity contribution < 1.29 is 35.6 Å². The second kappa shape index (κ2) is 19.2. The van der Waals surface area contributed by atoms with Crippen molar-refractivity contribution in [2.45, 2.75) is 0 Å². The Balaban J connectivity index is 0. The normalized spacial score (nSPS) is 0. The third kappa shape index (κ3) is 8.91. The van der Waals surface area contributed by atoms with Crippen molar-refractivity contribution in [1.82, 2.24) is 6.15 Å². The van der Waals surface area contributed by atoms with Crippen LogP contribution in [-0.2, 0) is 0 Å². The second-order valence-electron chi connectivity index (χ2n) is 0. The van der Waals surface area contributed by atoms with Crippen LogP contribution in [0.1, 0.15) is 0 Å². The Bertz CT molecular complexity index is 8.00. The maximum absolute atomic E-state index is 0. The van der Waals surface area contributed by atoms with E-state index >= 15 is 0 Å². The van der Waals surface area contributed by atoms with Gasteiger partial charge in [0.1, 0.15) is 0 Å². The van der Waals surface area contributed by atoms with Crippen LogP contribution in [0.4, 0.5) is 0 Å². The number of hydrogen-bond donors (Lipinski definition) is 1. The van der Waals surface area contributed by atoms with E-state index in [1.165, 1.54) is 0 Å². The fraction of sp³-hybridized carbons (Fsp3) is 0. The molecule has 4 heteroatoms. The van der Waals surface area contributed by atoms with Gasteiger partial charge in [0, 0.05) is 35.6 Å². The van der Waals surface area contributed by atoms with E-state index in [9.17, 15) is 0 Å². The van der Waals surface area contributed by atoms with Crippen molar-refractivity contribution >= 4 is 34.0 Å². The molecule has 1 nitrogen and oxygen atoms in total. The molecule has 0 unspecified atom stereocenters. The summed E-state index contributed by atoms with van der Waals surface area (Å²) in [6.45, 7) is 0. The van der Waals surface area contributed by atoms with Crippen molar-refractivity contribution in [2.75, 3.05) is 0 Å². The standard InChI is InChI=1S/La.Mg.H3N.H4Si.2H/h;;1H3;1H4;;. The molecule has 0 saturated heterocycles. The molecule has 0 aromatic heterocycles. The molecule has 0 aromatic carbocycles. The molecule has 23 valence electrons. The molecule has 0 aliphatic heterocycles. The predicted octanol–water partition coefficient (Wildman–Crippen LogP) is -2.21. The van der Waals surface area contributed by atoms with Gasteiger partial charge in [-0.3, -0.25) is 0 Å². The van der Waals surface area contributed by atoms with E-state index in [2.05, 4.69) is 0 Å². The molecular formula is H9LaMgNSi. The Kier molecular flexibility index (Phi) is 171. The zero-order valence-corrected chi connectivity index (χ0v) is 4.91. The van der Waals surface area contributed by atoms with E-state index in [0.29, 0.717) is 0 Å². The molecule has 0 aromatic rings. The summed E-state index contributed by atoms with van der Waals surface area (Å²) < 4.78 is 0. The van der Waals surface area contributed by atoms with Gasteiger partial charge in [-0.25, -0.2) is 0 Å². The van der Waals surface area contributed by atoms with Crippen LogP contribution in [0.2, 0.25) is 0 Å². The molecule has 0 aliphatic rings. The first-order chi connectivity index (χ1) is 0. The van der Waals surface area contributed by atoms with Crippen LogP contribution in [0.15, 0.2) is 0 Å². The summed E-state index contributed by atoms with van der Waals surface area (Å²) in [6, 6.07) is 0. The maximum Gasteiger partial charge on any atom is 0.316 e. The van der Waals surface area contributed by atoms with Crippen LogP contribution in [0.3, 0.4) is 0 Å². The SMILES string of the molecule is N.[La].[MgH2].[SiH4]. The first-order valence-corrected chi connectivity index (χ1v) is 0. The molecule has 0 rings (SSSR count). The summed E-state index contributed by atoms with van der Waals surface area (Å²) in [5.74, 6) is 0. The smallest absolute Gasteiger partial charge is 0.316 e. The molecule has 0 spiro atoms. The minimum absolute atomic E-state index is 0. The van der Waals surface area contributed by atoms with Gasteiger partial charge in [-0.2, -0.15) is 0 Å². The van der Waals surface area contributed by atoms with Gasteiger partial charge in [-0.05, 0) is 11.0 Å². The molecule has 0 atom stereocenters. The van der Waals surface area contributed by atoms with Gasteiger partial charge in [0.25, 0.3) is 0 Å². The Morgan fingerprint density at radius 1 is 1.00 bits per heavy atom. The van der Waals surface area contributed by atoms with Gasteiger partial charge in [0.05, 0.1) is 0 Å². The summed E-state index contributed by atoms with van der Waals surface area (Å²) in [5.41, 5.74) is 0. The van der Waals surface area contributed by atoms with Crippen LogP contribution in [0.25, 0.3) is 0 Å². The van der Waals surface area contributed by atoms with E-state index in [1.807, 2.05) is 0 Å². The minimum atomic E-state index is 0. The fourth-order valence-electron chi connectivity index (χ4n) is 0. The van der Waals surface area contributed by atoms with E-state index < -0.39 is 0 Å². The zero-order chi connectivity index (χ0) is 0. The number of hydrogen-bond acceptors (Lipinski definition) is 1. The van der Waals surface area contributed by atoms with Crippen LogP contribution >= 0.6 is 0 Å². The predicted molar refractivity (Wildman–Crippen MR) is 24.9 cm³/mol. The third-order valence-corrected chi connectivity index (χ3v) is 0. The summed E-state index contributed by atoms with van der Waals surface area (Å²) in [5, 5.41) is 0. The van der Waals surface area contributed by atoms with Gasteiger partial charge in [0.15, 0.2) is 0 Å². The first-order valence-electron chi connectivity index (χ1n) is 0. The van der Waals surface area contributed by atoms with Crippen molar-refractivity contribution in [2.24, 2.45) is 0 Å². The Morgan fingerprint density at radius 2 is 1.00 bits per heavy atom. The average Bonchev–Trinajstić information content (AvgIpc) is 0. The first kappa shape index (κ1) is 35.4. The largest absolute Gasteiger partial charge is 0.344 e. The van der Waals surface area contributed by atoms with Gasteiger partial charge >= 0.3 is 23.1 Å². The van der Waals surface area contributed by atoms with Gasteiger partial charge < -0.3 is 6.15 Å². The second-order valence-corrected chi connectivity index (χ2v) is 0. The van der Waals surface area contributed by atoms with Crippen LogP contribution in [0.5, 0.6) is 0 Å². The summed E-state index contributed by atoms with van der Waals surface area (Å²) in [7, 11) is 0. The monoisotopic (exact) mass is 214 g/mol. The summed E-state index contributed by atoms with van der Waals surface area (Å²) in [4.78, 5) is 0. The van der Waals surface area contributed by atoms with E-state index in [4.69, 9.17) is 0 Å². The minimum Gasteiger partial charge on any atom is -0.344 e. The van der Waals surface area contributed by atoms with Crippen molar-refractivity contribution in [3.8, 4) is 0 Å². The van der Waals surface area contributed by atoms with E-state index in [-0.39, 0.29) is 75.8 Å². The summed E-state index contributed by atoms with van der Waals surface area (Å²) >= 11 is 0. The Morgan fingerprint density at radius 3 is 1.00 bits per heavy atom. The van der Waals surface area contributed by atoms with E-state index in [1.54, 1.807) is 0 Å². The van der Waals surface area contributed by atoms with Crippen molar-refractivity contribution in [3.05, 3.63) is 0 Å². The molecule has 1 radical (unpaired) electrons. The zero-order valence-electron chi connectivity index (χ0n) is 1.28. The Hall–Kier alpha value is 2.14. The van der Waals surface area contributed by atoms with Crippen molar-refractivity contribution in [1.29, 1.82) is 0 Å². The number of rotatable bonds is 0. The topological polar surface area (TPSA) is 35.0 Å².